The number of amides is 2. The number of aliphatic hydroxyl groups is 1. The molecule has 0 heterocycles. The van der Waals surface area contributed by atoms with Crippen LogP contribution in [0, 0.1) is 0 Å². The molecule has 0 aromatic heterocycles. The summed E-state index contributed by atoms with van der Waals surface area (Å²) in [6.45, 7) is 2.22. The minimum Gasteiger partial charge on any atom is -0.391 e. The second kappa shape index (κ2) is 5.82. The summed E-state index contributed by atoms with van der Waals surface area (Å²) >= 11 is 0. The van der Waals surface area contributed by atoms with Crippen LogP contribution in [0.4, 0.5) is 4.79 Å². The maximum absolute atomic E-state index is 11.2. The van der Waals surface area contributed by atoms with Gasteiger partial charge in [0.1, 0.15) is 0 Å². The summed E-state index contributed by atoms with van der Waals surface area (Å²) in [4.78, 5) is 15.9. The van der Waals surface area contributed by atoms with Crippen molar-refractivity contribution in [2.24, 2.45) is 0 Å². The molecule has 1 fully saturated rings. The number of hydrogen-bond acceptors (Lipinski definition) is 3. The third kappa shape index (κ3) is 3.51. The fourth-order valence-electron chi connectivity index (χ4n) is 1.62. The molecule has 1 saturated carbocycles. The molecule has 0 radical (unpaired) electrons. The SMILES string of the molecule is CCONC(=O)N[C@H]1CCCC[C@H]1O. The molecule has 1 aliphatic rings. The highest BCUT2D eigenvalue weighted by Gasteiger charge is 2.24. The highest BCUT2D eigenvalue weighted by molar-refractivity contribution is 5.73. The van der Waals surface area contributed by atoms with Gasteiger partial charge in [-0.15, -0.1) is 0 Å². The van der Waals surface area contributed by atoms with Gasteiger partial charge in [-0.05, 0) is 19.8 Å². The van der Waals surface area contributed by atoms with Gasteiger partial charge in [0.25, 0.3) is 0 Å². The fraction of sp³-hybridized carbons (Fsp3) is 0.889. The monoisotopic (exact) mass is 202 g/mol. The predicted octanol–water partition coefficient (Wildman–Crippen LogP) is 0.541. The Morgan fingerprint density at radius 2 is 2.21 bits per heavy atom. The second-order valence-corrected chi connectivity index (χ2v) is 3.47. The van der Waals surface area contributed by atoms with Gasteiger partial charge in [-0.25, -0.2) is 10.3 Å². The van der Waals surface area contributed by atoms with E-state index in [1.165, 1.54) is 0 Å². The summed E-state index contributed by atoms with van der Waals surface area (Å²) in [5.41, 5.74) is 2.24. The first-order valence-corrected chi connectivity index (χ1v) is 5.10. The molecule has 0 spiro atoms. The van der Waals surface area contributed by atoms with E-state index in [9.17, 15) is 9.90 Å². The van der Waals surface area contributed by atoms with E-state index < -0.39 is 6.10 Å². The van der Waals surface area contributed by atoms with Crippen molar-refractivity contribution in [1.29, 1.82) is 0 Å². The van der Waals surface area contributed by atoms with Gasteiger partial charge in [-0.3, -0.25) is 4.84 Å². The van der Waals surface area contributed by atoms with E-state index >= 15 is 0 Å². The van der Waals surface area contributed by atoms with Crippen LogP contribution in [0.5, 0.6) is 0 Å². The standard InChI is InChI=1S/C9H18N2O3/c1-2-14-11-9(13)10-7-5-3-4-6-8(7)12/h7-8,12H,2-6H2,1H3,(H2,10,11,13)/t7-,8+/m0/s1. The number of urea groups is 1. The molecule has 2 amide bonds. The lowest BCUT2D eigenvalue weighted by molar-refractivity contribution is 0.0583. The molecular weight excluding hydrogens is 184 g/mol. The molecule has 14 heavy (non-hydrogen) atoms. The van der Waals surface area contributed by atoms with E-state index in [0.717, 1.165) is 25.7 Å². The molecule has 0 unspecified atom stereocenters. The number of nitrogens with one attached hydrogen (secondary N) is 2. The third-order valence-corrected chi connectivity index (χ3v) is 2.36. The van der Waals surface area contributed by atoms with Gasteiger partial charge < -0.3 is 10.4 Å². The zero-order chi connectivity index (χ0) is 10.4. The van der Waals surface area contributed by atoms with Gasteiger partial charge in [-0.1, -0.05) is 12.8 Å². The number of carbonyl (C=O) groups excluding carboxylic acids is 1. The molecule has 1 rings (SSSR count). The molecular formula is C9H18N2O3. The molecule has 2 atom stereocenters. The van der Waals surface area contributed by atoms with Crippen molar-refractivity contribution in [2.75, 3.05) is 6.61 Å². The highest BCUT2D eigenvalue weighted by atomic mass is 16.7. The van der Waals surface area contributed by atoms with E-state index in [-0.39, 0.29) is 12.1 Å². The lowest BCUT2D eigenvalue weighted by Crippen LogP contribution is -2.48. The first-order chi connectivity index (χ1) is 6.74. The third-order valence-electron chi connectivity index (χ3n) is 2.36. The summed E-state index contributed by atoms with van der Waals surface area (Å²) in [5.74, 6) is 0. The van der Waals surface area contributed by atoms with Crippen molar-refractivity contribution in [3.05, 3.63) is 0 Å². The van der Waals surface area contributed by atoms with Crippen LogP contribution in [-0.2, 0) is 4.84 Å². The zero-order valence-electron chi connectivity index (χ0n) is 8.45. The van der Waals surface area contributed by atoms with Crippen LogP contribution in [0.3, 0.4) is 0 Å². The van der Waals surface area contributed by atoms with Crippen LogP contribution in [0.1, 0.15) is 32.6 Å². The average Bonchev–Trinajstić information content (AvgIpc) is 2.18. The Hall–Kier alpha value is -0.810. The summed E-state index contributed by atoms with van der Waals surface area (Å²) in [5, 5.41) is 12.2. The number of hydrogen-bond donors (Lipinski definition) is 3. The Labute approximate surface area is 83.8 Å². The van der Waals surface area contributed by atoms with E-state index in [1.807, 2.05) is 0 Å². The Bertz CT molecular complexity index is 187. The Morgan fingerprint density at radius 3 is 2.86 bits per heavy atom. The van der Waals surface area contributed by atoms with Crippen molar-refractivity contribution >= 4 is 6.03 Å². The molecule has 5 heteroatoms. The van der Waals surface area contributed by atoms with Crippen LogP contribution in [0.25, 0.3) is 0 Å². The minimum absolute atomic E-state index is 0.135. The van der Waals surface area contributed by atoms with Crippen LogP contribution < -0.4 is 10.8 Å². The number of aliphatic hydroxyl groups excluding tert-OH is 1. The molecule has 3 N–H and O–H groups in total. The van der Waals surface area contributed by atoms with Gasteiger partial charge in [0, 0.05) is 0 Å². The normalized spacial score (nSPS) is 27.0. The quantitative estimate of drug-likeness (QED) is 0.585. The summed E-state index contributed by atoms with van der Waals surface area (Å²) in [7, 11) is 0. The Kier molecular flexibility index (Phi) is 4.69. The maximum atomic E-state index is 11.2. The van der Waals surface area contributed by atoms with Crippen LogP contribution in [0.2, 0.25) is 0 Å². The topological polar surface area (TPSA) is 70.6 Å². The first-order valence-electron chi connectivity index (χ1n) is 5.10. The number of rotatable bonds is 3. The van der Waals surface area contributed by atoms with Gasteiger partial charge >= 0.3 is 6.03 Å². The second-order valence-electron chi connectivity index (χ2n) is 3.47. The van der Waals surface area contributed by atoms with Crippen molar-refractivity contribution in [2.45, 2.75) is 44.8 Å². The Morgan fingerprint density at radius 1 is 1.50 bits per heavy atom. The van der Waals surface area contributed by atoms with Gasteiger partial charge in [-0.2, -0.15) is 0 Å². The summed E-state index contributed by atoms with van der Waals surface area (Å²) in [6.07, 6.45) is 3.26. The lowest BCUT2D eigenvalue weighted by Gasteiger charge is -2.28. The Balaban J connectivity index is 2.23. The zero-order valence-corrected chi connectivity index (χ0v) is 8.45. The molecule has 0 bridgehead atoms. The highest BCUT2D eigenvalue weighted by Crippen LogP contribution is 2.17. The number of carbonyl (C=O) groups is 1. The molecule has 82 valence electrons. The molecule has 1 aliphatic carbocycles. The van der Waals surface area contributed by atoms with Gasteiger partial charge in [0.2, 0.25) is 0 Å². The largest absolute Gasteiger partial charge is 0.391 e. The van der Waals surface area contributed by atoms with E-state index in [1.54, 1.807) is 6.92 Å². The van der Waals surface area contributed by atoms with Gasteiger partial charge in [0.15, 0.2) is 0 Å². The maximum Gasteiger partial charge on any atom is 0.339 e. The van der Waals surface area contributed by atoms with Crippen molar-refractivity contribution in [1.82, 2.24) is 10.8 Å². The first kappa shape index (κ1) is 11.3. The van der Waals surface area contributed by atoms with E-state index in [0.29, 0.717) is 6.61 Å². The van der Waals surface area contributed by atoms with Crippen LogP contribution >= 0.6 is 0 Å². The van der Waals surface area contributed by atoms with Crippen molar-refractivity contribution < 1.29 is 14.7 Å². The molecule has 0 aliphatic heterocycles. The van der Waals surface area contributed by atoms with Crippen molar-refractivity contribution in [3.8, 4) is 0 Å². The molecule has 5 nitrogen and oxygen atoms in total. The fourth-order valence-corrected chi connectivity index (χ4v) is 1.62. The van der Waals surface area contributed by atoms with Gasteiger partial charge in [0.05, 0.1) is 18.8 Å². The molecule has 0 saturated heterocycles. The summed E-state index contributed by atoms with van der Waals surface area (Å²) < 4.78 is 0. The van der Waals surface area contributed by atoms with Crippen molar-refractivity contribution in [3.63, 3.8) is 0 Å². The van der Waals surface area contributed by atoms with E-state index in [2.05, 4.69) is 10.8 Å². The summed E-state index contributed by atoms with van der Waals surface area (Å²) in [6, 6.07) is -0.512. The lowest BCUT2D eigenvalue weighted by atomic mass is 9.93. The number of hydroxylamine groups is 1. The van der Waals surface area contributed by atoms with E-state index in [4.69, 9.17) is 4.84 Å². The van der Waals surface area contributed by atoms with Crippen LogP contribution in [0.15, 0.2) is 0 Å². The molecule has 0 aromatic carbocycles. The minimum atomic E-state index is -0.420. The van der Waals surface area contributed by atoms with Crippen LogP contribution in [-0.4, -0.2) is 29.9 Å². The smallest absolute Gasteiger partial charge is 0.339 e. The molecule has 0 aromatic rings. The average molecular weight is 202 g/mol. The predicted molar refractivity (Wildman–Crippen MR) is 51.6 cm³/mol.